The molecule has 0 nitrogen and oxygen atoms in total. The van der Waals surface area contributed by atoms with Crippen molar-refractivity contribution in [3.63, 3.8) is 0 Å². The molecule has 0 saturated carbocycles. The van der Waals surface area contributed by atoms with E-state index in [-0.39, 0.29) is 0 Å². The normalized spacial score (nSPS) is 14.2. The topological polar surface area (TPSA) is 0 Å². The molecule has 0 heterocycles. The Balaban J connectivity index is 3.13. The molecule has 0 saturated heterocycles. The zero-order valence-electron chi connectivity index (χ0n) is 18.3. The van der Waals surface area contributed by atoms with Gasteiger partial charge in [0.1, 0.15) is 0 Å². The molecule has 2 unspecified atom stereocenters. The number of hydrogen-bond donors (Lipinski definition) is 0. The number of rotatable bonds is 19. The molecule has 0 aromatic carbocycles. The summed E-state index contributed by atoms with van der Waals surface area (Å²) in [7, 11) is 0. The van der Waals surface area contributed by atoms with E-state index in [0.717, 1.165) is 11.8 Å². The van der Waals surface area contributed by atoms with Crippen LogP contribution in [0.3, 0.4) is 0 Å². The van der Waals surface area contributed by atoms with E-state index in [2.05, 4.69) is 39.8 Å². The van der Waals surface area contributed by atoms with Crippen LogP contribution in [0.2, 0.25) is 0 Å². The zero-order valence-corrected chi connectivity index (χ0v) is 18.3. The predicted molar refractivity (Wildman–Crippen MR) is 117 cm³/mol. The first kappa shape index (κ1) is 24.7. The Morgan fingerprint density at radius 1 is 0.480 bits per heavy atom. The van der Waals surface area contributed by atoms with Crippen LogP contribution in [0.5, 0.6) is 0 Å². The number of allylic oxidation sites excluding steroid dienone is 2. The van der Waals surface area contributed by atoms with Crippen molar-refractivity contribution < 1.29 is 0 Å². The van der Waals surface area contributed by atoms with Crippen molar-refractivity contribution in [2.75, 3.05) is 0 Å². The maximum atomic E-state index is 2.44. The van der Waals surface area contributed by atoms with E-state index in [4.69, 9.17) is 0 Å². The molecular weight excluding hydrogens is 300 g/mol. The summed E-state index contributed by atoms with van der Waals surface area (Å²) in [6.45, 7) is 9.40. The quantitative estimate of drug-likeness (QED) is 0.161. The van der Waals surface area contributed by atoms with Gasteiger partial charge in [-0.15, -0.1) is 0 Å². The summed E-state index contributed by atoms with van der Waals surface area (Å²) >= 11 is 0. The molecule has 0 N–H and O–H groups in total. The molecule has 0 fully saturated rings. The fourth-order valence-electron chi connectivity index (χ4n) is 3.39. The predicted octanol–water partition coefficient (Wildman–Crippen LogP) is 9.49. The Morgan fingerprint density at radius 2 is 0.800 bits per heavy atom. The van der Waals surface area contributed by atoms with Crippen LogP contribution in [0, 0.1) is 11.8 Å². The highest BCUT2D eigenvalue weighted by molar-refractivity contribution is 4.81. The van der Waals surface area contributed by atoms with Crippen molar-refractivity contribution in [1.82, 2.24) is 0 Å². The summed E-state index contributed by atoms with van der Waals surface area (Å²) in [6.07, 6.45) is 28.9. The largest absolute Gasteiger partial charge is 0.0885 e. The van der Waals surface area contributed by atoms with Crippen LogP contribution in [-0.2, 0) is 0 Å². The summed E-state index contributed by atoms with van der Waals surface area (Å²) in [5.74, 6) is 1.88. The molecule has 0 aliphatic carbocycles. The Kier molecular flexibility index (Phi) is 19.8. The average molecular weight is 351 g/mol. The van der Waals surface area contributed by atoms with E-state index in [9.17, 15) is 0 Å². The minimum atomic E-state index is 0.935. The van der Waals surface area contributed by atoms with Gasteiger partial charge in [0.25, 0.3) is 0 Å². The van der Waals surface area contributed by atoms with E-state index >= 15 is 0 Å². The third kappa shape index (κ3) is 19.9. The van der Waals surface area contributed by atoms with Gasteiger partial charge in [-0.3, -0.25) is 0 Å². The van der Waals surface area contributed by atoms with Crippen LogP contribution in [0.1, 0.15) is 137 Å². The summed E-state index contributed by atoms with van der Waals surface area (Å²) in [6, 6.07) is 0. The molecule has 0 aliphatic heterocycles. The molecule has 0 amide bonds. The molecule has 150 valence electrons. The Morgan fingerprint density at radius 3 is 1.16 bits per heavy atom. The number of unbranched alkanes of at least 4 members (excludes halogenated alkanes) is 11. The average Bonchev–Trinajstić information content (AvgIpc) is 2.63. The first-order chi connectivity index (χ1) is 12.2. The maximum absolute atomic E-state index is 2.44. The Hall–Kier alpha value is -0.260. The van der Waals surface area contributed by atoms with Crippen LogP contribution in [0.15, 0.2) is 12.2 Å². The molecular formula is C25H50. The first-order valence-corrected chi connectivity index (χ1v) is 11.9. The molecule has 0 bridgehead atoms. The summed E-state index contributed by atoms with van der Waals surface area (Å²) < 4.78 is 0. The molecule has 0 rings (SSSR count). The molecule has 0 aromatic heterocycles. The van der Waals surface area contributed by atoms with Crippen molar-refractivity contribution >= 4 is 0 Å². The van der Waals surface area contributed by atoms with Crippen molar-refractivity contribution in [3.05, 3.63) is 12.2 Å². The standard InChI is InChI=1S/C25H50/c1-5-24(3)22-20-18-16-14-12-10-8-7-9-11-13-15-17-19-21-23-25(4)6-2/h8,10,24-25H,5-7,9,11-23H2,1-4H3. The summed E-state index contributed by atoms with van der Waals surface area (Å²) in [5, 5.41) is 0. The van der Waals surface area contributed by atoms with Gasteiger partial charge in [-0.05, 0) is 37.5 Å². The second-order valence-corrected chi connectivity index (χ2v) is 8.54. The Labute approximate surface area is 161 Å². The van der Waals surface area contributed by atoms with E-state index in [1.54, 1.807) is 0 Å². The second kappa shape index (κ2) is 20.1. The van der Waals surface area contributed by atoms with Gasteiger partial charge >= 0.3 is 0 Å². The lowest BCUT2D eigenvalue weighted by molar-refractivity contribution is 0.470. The monoisotopic (exact) mass is 350 g/mol. The fourth-order valence-corrected chi connectivity index (χ4v) is 3.39. The van der Waals surface area contributed by atoms with Gasteiger partial charge in [-0.25, -0.2) is 0 Å². The van der Waals surface area contributed by atoms with Gasteiger partial charge in [-0.2, -0.15) is 0 Å². The second-order valence-electron chi connectivity index (χ2n) is 8.54. The number of hydrogen-bond acceptors (Lipinski definition) is 0. The van der Waals surface area contributed by atoms with Crippen LogP contribution in [-0.4, -0.2) is 0 Å². The zero-order chi connectivity index (χ0) is 18.6. The van der Waals surface area contributed by atoms with Crippen LogP contribution in [0.25, 0.3) is 0 Å². The fraction of sp³-hybridized carbons (Fsp3) is 0.920. The third-order valence-corrected chi connectivity index (χ3v) is 5.95. The van der Waals surface area contributed by atoms with E-state index in [0.29, 0.717) is 0 Å². The third-order valence-electron chi connectivity index (χ3n) is 5.95. The minimum Gasteiger partial charge on any atom is -0.0885 e. The molecule has 0 aromatic rings. The van der Waals surface area contributed by atoms with E-state index < -0.39 is 0 Å². The lowest BCUT2D eigenvalue weighted by Gasteiger charge is -2.07. The highest BCUT2D eigenvalue weighted by atomic mass is 14.0. The van der Waals surface area contributed by atoms with Gasteiger partial charge in [0.15, 0.2) is 0 Å². The van der Waals surface area contributed by atoms with Gasteiger partial charge < -0.3 is 0 Å². The van der Waals surface area contributed by atoms with Gasteiger partial charge in [-0.1, -0.05) is 123 Å². The van der Waals surface area contributed by atoms with Crippen molar-refractivity contribution in [1.29, 1.82) is 0 Å². The molecule has 0 spiro atoms. The van der Waals surface area contributed by atoms with Crippen LogP contribution < -0.4 is 0 Å². The molecule has 25 heavy (non-hydrogen) atoms. The van der Waals surface area contributed by atoms with Crippen molar-refractivity contribution in [2.24, 2.45) is 11.8 Å². The van der Waals surface area contributed by atoms with Crippen LogP contribution in [0.4, 0.5) is 0 Å². The van der Waals surface area contributed by atoms with E-state index in [1.165, 1.54) is 109 Å². The van der Waals surface area contributed by atoms with E-state index in [1.807, 2.05) is 0 Å². The van der Waals surface area contributed by atoms with Crippen molar-refractivity contribution in [3.8, 4) is 0 Å². The Bertz CT molecular complexity index is 265. The minimum absolute atomic E-state index is 0.935. The van der Waals surface area contributed by atoms with Gasteiger partial charge in [0.2, 0.25) is 0 Å². The van der Waals surface area contributed by atoms with Crippen LogP contribution >= 0.6 is 0 Å². The highest BCUT2D eigenvalue weighted by Gasteiger charge is 1.98. The molecule has 0 radical (unpaired) electrons. The molecule has 0 aliphatic rings. The SMILES string of the molecule is CCC(C)CCCCCCC=CCCCCCCCCCC(C)CC. The first-order valence-electron chi connectivity index (χ1n) is 11.9. The van der Waals surface area contributed by atoms with Crippen molar-refractivity contribution in [2.45, 2.75) is 137 Å². The maximum Gasteiger partial charge on any atom is -0.0351 e. The summed E-state index contributed by atoms with van der Waals surface area (Å²) in [5.41, 5.74) is 0. The summed E-state index contributed by atoms with van der Waals surface area (Å²) in [4.78, 5) is 0. The molecule has 0 heteroatoms. The lowest BCUT2D eigenvalue weighted by atomic mass is 9.99. The smallest absolute Gasteiger partial charge is 0.0351 e. The lowest BCUT2D eigenvalue weighted by Crippen LogP contribution is -1.91. The highest BCUT2D eigenvalue weighted by Crippen LogP contribution is 2.15. The van der Waals surface area contributed by atoms with Gasteiger partial charge in [0, 0.05) is 0 Å². The van der Waals surface area contributed by atoms with Gasteiger partial charge in [0.05, 0.1) is 0 Å². The molecule has 2 atom stereocenters.